The molecular weight excluding hydrogens is 258 g/mol. The summed E-state index contributed by atoms with van der Waals surface area (Å²) in [5, 5.41) is 0. The number of halogens is 1. The molecule has 0 N–H and O–H groups in total. The number of pyridine rings is 1. The van der Waals surface area contributed by atoms with Gasteiger partial charge >= 0.3 is 6.01 Å². The first kappa shape index (κ1) is 10.0. The van der Waals surface area contributed by atoms with Crippen LogP contribution in [-0.4, -0.2) is 15.0 Å². The maximum atomic E-state index is 5.38. The normalized spacial score (nSPS) is 9.93. The average molecular weight is 266 g/mol. The summed E-state index contributed by atoms with van der Waals surface area (Å²) in [7, 11) is 0. The number of ether oxygens (including phenoxy) is 1. The third-order valence-corrected chi connectivity index (χ3v) is 2.12. The second-order valence-corrected chi connectivity index (χ2v) is 3.74. The third-order valence-electron chi connectivity index (χ3n) is 1.71. The first-order chi connectivity index (χ1) is 7.34. The number of aromatic nitrogens is 3. The fourth-order valence-corrected chi connectivity index (χ4v) is 1.21. The first-order valence-corrected chi connectivity index (χ1v) is 5.13. The van der Waals surface area contributed by atoms with E-state index in [9.17, 15) is 0 Å². The predicted molar refractivity (Wildman–Crippen MR) is 58.3 cm³/mol. The smallest absolute Gasteiger partial charge is 0.316 e. The van der Waals surface area contributed by atoms with Crippen LogP contribution in [0.2, 0.25) is 0 Å². The molecule has 2 aromatic rings. The van der Waals surface area contributed by atoms with Crippen LogP contribution in [0.25, 0.3) is 0 Å². The Morgan fingerprint density at radius 3 is 2.47 bits per heavy atom. The van der Waals surface area contributed by atoms with Gasteiger partial charge in [-0.1, -0.05) is 0 Å². The van der Waals surface area contributed by atoms with E-state index in [1.807, 2.05) is 12.1 Å². The lowest BCUT2D eigenvalue weighted by molar-refractivity contribution is 0.280. The first-order valence-electron chi connectivity index (χ1n) is 4.34. The van der Waals surface area contributed by atoms with Crippen LogP contribution >= 0.6 is 15.9 Å². The summed E-state index contributed by atoms with van der Waals surface area (Å²) in [6, 6.07) is 4.15. The van der Waals surface area contributed by atoms with Crippen molar-refractivity contribution in [3.05, 3.63) is 47.0 Å². The minimum Gasteiger partial charge on any atom is -0.459 e. The van der Waals surface area contributed by atoms with Crippen LogP contribution in [0.1, 0.15) is 5.56 Å². The Balaban J connectivity index is 1.96. The molecule has 0 atom stereocenters. The minimum absolute atomic E-state index is 0.370. The molecule has 0 aromatic carbocycles. The standard InChI is InChI=1S/C10H8BrN3O/c11-9-5-13-10(14-6-9)15-7-8-1-3-12-4-2-8/h1-6H,7H2. The van der Waals surface area contributed by atoms with Crippen LogP contribution in [0.15, 0.2) is 41.4 Å². The van der Waals surface area contributed by atoms with Gasteiger partial charge < -0.3 is 4.74 Å². The molecule has 4 nitrogen and oxygen atoms in total. The maximum Gasteiger partial charge on any atom is 0.316 e. The Hall–Kier alpha value is -1.49. The highest BCUT2D eigenvalue weighted by atomic mass is 79.9. The monoisotopic (exact) mass is 265 g/mol. The largest absolute Gasteiger partial charge is 0.459 e. The zero-order valence-electron chi connectivity index (χ0n) is 7.80. The topological polar surface area (TPSA) is 47.9 Å². The van der Waals surface area contributed by atoms with E-state index in [0.29, 0.717) is 12.6 Å². The number of nitrogens with zero attached hydrogens (tertiary/aromatic N) is 3. The molecule has 0 bridgehead atoms. The molecule has 0 amide bonds. The van der Waals surface area contributed by atoms with Gasteiger partial charge in [0.25, 0.3) is 0 Å². The van der Waals surface area contributed by atoms with Crippen molar-refractivity contribution < 1.29 is 4.74 Å². The van der Waals surface area contributed by atoms with E-state index >= 15 is 0 Å². The molecule has 0 saturated heterocycles. The van der Waals surface area contributed by atoms with Gasteiger partial charge in [0.15, 0.2) is 0 Å². The highest BCUT2D eigenvalue weighted by molar-refractivity contribution is 9.10. The second kappa shape index (κ2) is 4.84. The van der Waals surface area contributed by atoms with Crippen LogP contribution in [0.5, 0.6) is 6.01 Å². The molecule has 0 aliphatic carbocycles. The van der Waals surface area contributed by atoms with Gasteiger partial charge in [-0.3, -0.25) is 4.98 Å². The Morgan fingerprint density at radius 1 is 1.13 bits per heavy atom. The van der Waals surface area contributed by atoms with E-state index in [0.717, 1.165) is 10.0 Å². The van der Waals surface area contributed by atoms with Gasteiger partial charge in [0.05, 0.1) is 4.47 Å². The number of hydrogen-bond acceptors (Lipinski definition) is 4. The lowest BCUT2D eigenvalue weighted by Crippen LogP contribution is -1.98. The summed E-state index contributed by atoms with van der Waals surface area (Å²) in [6.45, 7) is 0.449. The summed E-state index contributed by atoms with van der Waals surface area (Å²) in [5.74, 6) is 0. The van der Waals surface area contributed by atoms with Gasteiger partial charge in [0.1, 0.15) is 6.61 Å². The predicted octanol–water partition coefficient (Wildman–Crippen LogP) is 2.21. The van der Waals surface area contributed by atoms with Crippen molar-refractivity contribution >= 4 is 15.9 Å². The Bertz CT molecular complexity index is 418. The Kier molecular flexibility index (Phi) is 3.24. The average Bonchev–Trinajstić information content (AvgIpc) is 2.30. The molecule has 2 heterocycles. The van der Waals surface area contributed by atoms with Gasteiger partial charge in [0, 0.05) is 24.8 Å². The second-order valence-electron chi connectivity index (χ2n) is 2.83. The van der Waals surface area contributed by atoms with E-state index in [1.165, 1.54) is 0 Å². The zero-order valence-corrected chi connectivity index (χ0v) is 9.39. The van der Waals surface area contributed by atoms with Crippen molar-refractivity contribution in [1.82, 2.24) is 15.0 Å². The fraction of sp³-hybridized carbons (Fsp3) is 0.100. The molecule has 0 saturated carbocycles. The quantitative estimate of drug-likeness (QED) is 0.854. The highest BCUT2D eigenvalue weighted by Crippen LogP contribution is 2.09. The lowest BCUT2D eigenvalue weighted by atomic mass is 10.3. The zero-order chi connectivity index (χ0) is 10.5. The summed E-state index contributed by atoms with van der Waals surface area (Å²) in [5.41, 5.74) is 1.04. The fourth-order valence-electron chi connectivity index (χ4n) is 1.00. The number of hydrogen-bond donors (Lipinski definition) is 0. The van der Waals surface area contributed by atoms with Gasteiger partial charge in [-0.25, -0.2) is 9.97 Å². The van der Waals surface area contributed by atoms with E-state index < -0.39 is 0 Å². The summed E-state index contributed by atoms with van der Waals surface area (Å²) in [4.78, 5) is 11.9. The molecule has 5 heteroatoms. The van der Waals surface area contributed by atoms with E-state index in [2.05, 4.69) is 30.9 Å². The molecule has 2 aromatic heterocycles. The van der Waals surface area contributed by atoms with E-state index in [1.54, 1.807) is 24.8 Å². The van der Waals surface area contributed by atoms with Crippen molar-refractivity contribution in [2.24, 2.45) is 0 Å². The van der Waals surface area contributed by atoms with Crippen molar-refractivity contribution in [3.8, 4) is 6.01 Å². The molecule has 15 heavy (non-hydrogen) atoms. The van der Waals surface area contributed by atoms with Crippen molar-refractivity contribution in [2.45, 2.75) is 6.61 Å². The highest BCUT2D eigenvalue weighted by Gasteiger charge is 1.97. The molecule has 0 aliphatic rings. The number of rotatable bonds is 3. The van der Waals surface area contributed by atoms with Crippen LogP contribution in [0.4, 0.5) is 0 Å². The van der Waals surface area contributed by atoms with Crippen LogP contribution in [-0.2, 0) is 6.61 Å². The summed E-state index contributed by atoms with van der Waals surface area (Å²) < 4.78 is 6.21. The van der Waals surface area contributed by atoms with E-state index in [-0.39, 0.29) is 0 Å². The van der Waals surface area contributed by atoms with Crippen LogP contribution in [0, 0.1) is 0 Å². The third kappa shape index (κ3) is 2.99. The van der Waals surface area contributed by atoms with Gasteiger partial charge in [-0.05, 0) is 33.6 Å². The van der Waals surface area contributed by atoms with E-state index in [4.69, 9.17) is 4.74 Å². The molecule has 0 unspecified atom stereocenters. The van der Waals surface area contributed by atoms with Crippen molar-refractivity contribution in [3.63, 3.8) is 0 Å². The molecule has 2 rings (SSSR count). The van der Waals surface area contributed by atoms with Crippen LogP contribution in [0.3, 0.4) is 0 Å². The van der Waals surface area contributed by atoms with Crippen molar-refractivity contribution in [1.29, 1.82) is 0 Å². The Labute approximate surface area is 95.5 Å². The van der Waals surface area contributed by atoms with Crippen LogP contribution < -0.4 is 4.74 Å². The van der Waals surface area contributed by atoms with Gasteiger partial charge in [0.2, 0.25) is 0 Å². The molecule has 0 spiro atoms. The van der Waals surface area contributed by atoms with Gasteiger partial charge in [-0.15, -0.1) is 0 Å². The summed E-state index contributed by atoms with van der Waals surface area (Å²) >= 11 is 3.25. The van der Waals surface area contributed by atoms with Gasteiger partial charge in [-0.2, -0.15) is 0 Å². The Morgan fingerprint density at radius 2 is 1.80 bits per heavy atom. The maximum absolute atomic E-state index is 5.38. The molecule has 76 valence electrons. The minimum atomic E-state index is 0.370. The summed E-state index contributed by atoms with van der Waals surface area (Å²) in [6.07, 6.45) is 6.74. The molecule has 0 fully saturated rings. The van der Waals surface area contributed by atoms with Crippen molar-refractivity contribution in [2.75, 3.05) is 0 Å². The molecule has 0 radical (unpaired) electrons. The molecular formula is C10H8BrN3O. The molecule has 0 aliphatic heterocycles. The SMILES string of the molecule is Brc1cnc(OCc2ccncc2)nc1. The lowest BCUT2D eigenvalue weighted by Gasteiger charge is -2.03.